The molecule has 13 heavy (non-hydrogen) atoms. The lowest BCUT2D eigenvalue weighted by Crippen LogP contribution is -2.54. The van der Waals surface area contributed by atoms with E-state index in [4.69, 9.17) is 5.73 Å². The van der Waals surface area contributed by atoms with E-state index in [9.17, 15) is 4.79 Å². The summed E-state index contributed by atoms with van der Waals surface area (Å²) < 4.78 is 0. The molecule has 2 N–H and O–H groups in total. The van der Waals surface area contributed by atoms with Crippen molar-refractivity contribution in [3.63, 3.8) is 0 Å². The third kappa shape index (κ3) is 3.22. The minimum absolute atomic E-state index is 0.285. The minimum Gasteiger partial charge on any atom is -0.350 e. The van der Waals surface area contributed by atoms with Crippen molar-refractivity contribution in [1.82, 2.24) is 10.0 Å². The maximum absolute atomic E-state index is 11.1. The fourth-order valence-electron chi connectivity index (χ4n) is 1.59. The summed E-state index contributed by atoms with van der Waals surface area (Å²) in [7, 11) is 0. The third-order valence-electron chi connectivity index (χ3n) is 1.89. The number of hydrazine groups is 1. The Hall–Kier alpha value is -0.770. The molecule has 0 saturated heterocycles. The van der Waals surface area contributed by atoms with Crippen LogP contribution in [0.3, 0.4) is 0 Å². The van der Waals surface area contributed by atoms with Gasteiger partial charge in [-0.1, -0.05) is 0 Å². The van der Waals surface area contributed by atoms with Gasteiger partial charge in [0.25, 0.3) is 0 Å². The first-order valence-corrected chi connectivity index (χ1v) is 4.77. The smallest absolute Gasteiger partial charge is 0.329 e. The van der Waals surface area contributed by atoms with Gasteiger partial charge in [-0.3, -0.25) is 5.01 Å². The summed E-state index contributed by atoms with van der Waals surface area (Å²) in [6.45, 7) is 10.7. The predicted octanol–water partition coefficient (Wildman–Crippen LogP) is 1.42. The summed E-state index contributed by atoms with van der Waals surface area (Å²) in [6.07, 6.45) is 0. The topological polar surface area (TPSA) is 49.6 Å². The van der Waals surface area contributed by atoms with Crippen molar-refractivity contribution in [2.45, 2.75) is 46.7 Å². The molecule has 0 atom stereocenters. The van der Waals surface area contributed by atoms with E-state index in [0.717, 1.165) is 0 Å². The Morgan fingerprint density at radius 1 is 1.23 bits per heavy atom. The Balaban J connectivity index is 4.59. The SMILES string of the molecule is CCN(C(N)=O)N(C(C)C)C(C)C. The van der Waals surface area contributed by atoms with E-state index in [1.54, 1.807) is 5.01 Å². The van der Waals surface area contributed by atoms with Gasteiger partial charge in [-0.2, -0.15) is 0 Å². The standard InChI is InChI=1S/C9H21N3O/c1-6-11(9(10)13)12(7(2)3)8(4)5/h7-8H,6H2,1-5H3,(H2,10,13). The van der Waals surface area contributed by atoms with Gasteiger partial charge in [0.05, 0.1) is 0 Å². The molecule has 78 valence electrons. The first kappa shape index (κ1) is 12.2. The zero-order valence-corrected chi connectivity index (χ0v) is 9.24. The highest BCUT2D eigenvalue weighted by atomic mass is 16.2. The van der Waals surface area contributed by atoms with Crippen LogP contribution in [0, 0.1) is 0 Å². The molecule has 0 aromatic carbocycles. The molecule has 0 aliphatic carbocycles. The second-order valence-electron chi connectivity index (χ2n) is 3.62. The van der Waals surface area contributed by atoms with Gasteiger partial charge in [0.2, 0.25) is 0 Å². The molecule has 0 aromatic heterocycles. The number of nitrogens with two attached hydrogens (primary N) is 1. The summed E-state index contributed by atoms with van der Waals surface area (Å²) >= 11 is 0. The number of rotatable bonds is 4. The van der Waals surface area contributed by atoms with E-state index in [0.29, 0.717) is 6.54 Å². The fourth-order valence-corrected chi connectivity index (χ4v) is 1.59. The van der Waals surface area contributed by atoms with E-state index in [1.807, 2.05) is 39.6 Å². The summed E-state index contributed by atoms with van der Waals surface area (Å²) in [6, 6.07) is 0.185. The van der Waals surface area contributed by atoms with Crippen LogP contribution in [0.5, 0.6) is 0 Å². The van der Waals surface area contributed by atoms with Crippen LogP contribution in [0.1, 0.15) is 34.6 Å². The number of urea groups is 1. The normalized spacial score (nSPS) is 11.4. The van der Waals surface area contributed by atoms with Crippen molar-refractivity contribution in [1.29, 1.82) is 0 Å². The van der Waals surface area contributed by atoms with Gasteiger partial charge in [0, 0.05) is 18.6 Å². The molecule has 0 bridgehead atoms. The maximum atomic E-state index is 11.1. The highest BCUT2D eigenvalue weighted by Crippen LogP contribution is 2.09. The molecule has 0 unspecified atom stereocenters. The maximum Gasteiger partial charge on any atom is 0.329 e. The Kier molecular flexibility index (Phi) is 4.77. The first-order valence-electron chi connectivity index (χ1n) is 4.77. The summed E-state index contributed by atoms with van der Waals surface area (Å²) in [5, 5.41) is 3.57. The molecular formula is C9H21N3O. The molecule has 4 heteroatoms. The molecular weight excluding hydrogens is 166 g/mol. The number of carbonyl (C=O) groups is 1. The van der Waals surface area contributed by atoms with E-state index < -0.39 is 0 Å². The second kappa shape index (κ2) is 5.07. The van der Waals surface area contributed by atoms with Gasteiger partial charge in [0.15, 0.2) is 0 Å². The van der Waals surface area contributed by atoms with E-state index in [1.165, 1.54) is 0 Å². The van der Waals surface area contributed by atoms with E-state index in [-0.39, 0.29) is 18.1 Å². The molecule has 0 heterocycles. The van der Waals surface area contributed by atoms with Gasteiger partial charge in [-0.05, 0) is 34.6 Å². The molecule has 0 spiro atoms. The fraction of sp³-hybridized carbons (Fsp3) is 0.889. The molecule has 2 amide bonds. The van der Waals surface area contributed by atoms with Crippen LogP contribution in [-0.2, 0) is 0 Å². The van der Waals surface area contributed by atoms with Crippen molar-refractivity contribution < 1.29 is 4.79 Å². The number of hydrogen-bond acceptors (Lipinski definition) is 2. The summed E-state index contributed by atoms with van der Waals surface area (Å²) in [4.78, 5) is 11.1. The largest absolute Gasteiger partial charge is 0.350 e. The van der Waals surface area contributed by atoms with E-state index in [2.05, 4.69) is 0 Å². The Labute approximate surface area is 80.7 Å². The summed E-state index contributed by atoms with van der Waals surface area (Å²) in [5.74, 6) is 0. The molecule has 0 rings (SSSR count). The lowest BCUT2D eigenvalue weighted by atomic mass is 10.3. The van der Waals surface area contributed by atoms with Gasteiger partial charge >= 0.3 is 6.03 Å². The van der Waals surface area contributed by atoms with Crippen LogP contribution in [0.15, 0.2) is 0 Å². The molecule has 0 aliphatic heterocycles. The van der Waals surface area contributed by atoms with Crippen LogP contribution in [0.2, 0.25) is 0 Å². The lowest BCUT2D eigenvalue weighted by Gasteiger charge is -2.39. The van der Waals surface area contributed by atoms with Crippen molar-refractivity contribution in [2.75, 3.05) is 6.54 Å². The molecule has 0 aliphatic rings. The number of nitrogens with zero attached hydrogens (tertiary/aromatic N) is 2. The van der Waals surface area contributed by atoms with Gasteiger partial charge < -0.3 is 5.73 Å². The number of carbonyl (C=O) groups excluding carboxylic acids is 1. The second-order valence-corrected chi connectivity index (χ2v) is 3.62. The van der Waals surface area contributed by atoms with Crippen LogP contribution in [-0.4, -0.2) is 34.7 Å². The number of amides is 2. The molecule has 0 fully saturated rings. The van der Waals surface area contributed by atoms with Crippen LogP contribution in [0.25, 0.3) is 0 Å². The average Bonchev–Trinajstić information content (AvgIpc) is 1.97. The zero-order valence-electron chi connectivity index (χ0n) is 9.24. The molecule has 0 aromatic rings. The Morgan fingerprint density at radius 2 is 1.62 bits per heavy atom. The molecule has 4 nitrogen and oxygen atoms in total. The highest BCUT2D eigenvalue weighted by molar-refractivity contribution is 5.71. The van der Waals surface area contributed by atoms with Crippen molar-refractivity contribution in [2.24, 2.45) is 5.73 Å². The zero-order chi connectivity index (χ0) is 10.6. The predicted molar refractivity (Wildman–Crippen MR) is 54.1 cm³/mol. The Morgan fingerprint density at radius 3 is 1.69 bits per heavy atom. The third-order valence-corrected chi connectivity index (χ3v) is 1.89. The monoisotopic (exact) mass is 187 g/mol. The van der Waals surface area contributed by atoms with Gasteiger partial charge in [0.1, 0.15) is 0 Å². The number of hydrogen-bond donors (Lipinski definition) is 1. The van der Waals surface area contributed by atoms with Crippen LogP contribution < -0.4 is 5.73 Å². The highest BCUT2D eigenvalue weighted by Gasteiger charge is 2.22. The number of primary amides is 1. The van der Waals surface area contributed by atoms with Crippen molar-refractivity contribution in [3.8, 4) is 0 Å². The van der Waals surface area contributed by atoms with Gasteiger partial charge in [-0.25, -0.2) is 9.80 Å². The molecule has 0 saturated carbocycles. The van der Waals surface area contributed by atoms with Crippen molar-refractivity contribution in [3.05, 3.63) is 0 Å². The van der Waals surface area contributed by atoms with E-state index >= 15 is 0 Å². The van der Waals surface area contributed by atoms with Crippen LogP contribution in [0.4, 0.5) is 4.79 Å². The lowest BCUT2D eigenvalue weighted by molar-refractivity contribution is -0.0324. The first-order chi connectivity index (χ1) is 5.91. The quantitative estimate of drug-likeness (QED) is 0.677. The molecule has 0 radical (unpaired) electrons. The van der Waals surface area contributed by atoms with Crippen molar-refractivity contribution >= 4 is 6.03 Å². The Bertz CT molecular complexity index is 160. The van der Waals surface area contributed by atoms with Gasteiger partial charge in [-0.15, -0.1) is 0 Å². The minimum atomic E-state index is -0.384. The van der Waals surface area contributed by atoms with Crippen LogP contribution >= 0.6 is 0 Å². The summed E-state index contributed by atoms with van der Waals surface area (Å²) in [5.41, 5.74) is 5.27. The average molecular weight is 187 g/mol.